The summed E-state index contributed by atoms with van der Waals surface area (Å²) in [4.78, 5) is 38.0. The number of amides is 3. The first-order valence-corrected chi connectivity index (χ1v) is 9.72. The quantitative estimate of drug-likeness (QED) is 0.534. The normalized spacial score (nSPS) is 16.2. The lowest BCUT2D eigenvalue weighted by molar-refractivity contribution is -0.129. The molecular weight excluding hydrogens is 366 g/mol. The Hall–Kier alpha value is -3.41. The third-order valence-electron chi connectivity index (χ3n) is 4.75. The van der Waals surface area contributed by atoms with Crippen LogP contribution in [0.1, 0.15) is 17.5 Å². The molecule has 2 aromatic rings. The zero-order chi connectivity index (χ0) is 20.5. The topological polar surface area (TPSA) is 78.5 Å². The van der Waals surface area contributed by atoms with Gasteiger partial charge in [-0.15, -0.1) is 0 Å². The monoisotopic (exact) mass is 391 g/mol. The van der Waals surface area contributed by atoms with Crippen molar-refractivity contribution in [2.75, 3.05) is 19.6 Å². The Labute approximate surface area is 170 Å². The van der Waals surface area contributed by atoms with Crippen LogP contribution in [0.15, 0.2) is 66.7 Å². The molecule has 1 heterocycles. The van der Waals surface area contributed by atoms with Crippen molar-refractivity contribution in [1.29, 1.82) is 0 Å². The van der Waals surface area contributed by atoms with Gasteiger partial charge in [-0.2, -0.15) is 0 Å². The number of likely N-dealkylation sites (tertiary alicyclic amines) is 1. The summed E-state index contributed by atoms with van der Waals surface area (Å²) in [5, 5.41) is 5.53. The fourth-order valence-electron chi connectivity index (χ4n) is 3.22. The maximum atomic E-state index is 12.3. The van der Waals surface area contributed by atoms with Crippen LogP contribution in [-0.2, 0) is 20.9 Å². The maximum absolute atomic E-state index is 12.3. The highest BCUT2D eigenvalue weighted by molar-refractivity contribution is 5.92. The van der Waals surface area contributed by atoms with Crippen LogP contribution < -0.4 is 10.6 Å². The molecule has 2 aromatic carbocycles. The number of carbonyl (C=O) groups excluding carboxylic acids is 3. The number of hydrogen-bond donors (Lipinski definition) is 2. The van der Waals surface area contributed by atoms with Crippen molar-refractivity contribution in [3.8, 4) is 0 Å². The van der Waals surface area contributed by atoms with E-state index in [-0.39, 0.29) is 30.1 Å². The summed E-state index contributed by atoms with van der Waals surface area (Å²) in [5.74, 6) is -0.718. The van der Waals surface area contributed by atoms with Crippen molar-refractivity contribution >= 4 is 23.8 Å². The Kier molecular flexibility index (Phi) is 7.16. The van der Waals surface area contributed by atoms with Crippen molar-refractivity contribution < 1.29 is 14.4 Å². The van der Waals surface area contributed by atoms with Crippen LogP contribution in [0.25, 0.3) is 6.08 Å². The molecule has 1 fully saturated rings. The van der Waals surface area contributed by atoms with Crippen molar-refractivity contribution in [2.24, 2.45) is 5.92 Å². The van der Waals surface area contributed by atoms with Crippen LogP contribution in [0.4, 0.5) is 0 Å². The minimum absolute atomic E-state index is 0.00615. The summed E-state index contributed by atoms with van der Waals surface area (Å²) in [6, 6.07) is 19.3. The highest BCUT2D eigenvalue weighted by atomic mass is 16.2. The van der Waals surface area contributed by atoms with E-state index in [9.17, 15) is 14.4 Å². The molecule has 0 saturated carbocycles. The SMILES string of the molecule is O=C(/C=C/c1ccccc1)NCCNC(=O)C1CC(=O)N(Cc2ccccc2)C1. The summed E-state index contributed by atoms with van der Waals surface area (Å²) in [7, 11) is 0. The van der Waals surface area contributed by atoms with Gasteiger partial charge in [0.15, 0.2) is 0 Å². The highest BCUT2D eigenvalue weighted by Gasteiger charge is 2.33. The lowest BCUT2D eigenvalue weighted by Crippen LogP contribution is -2.38. The Balaban J connectivity index is 1.36. The molecule has 0 aliphatic carbocycles. The number of nitrogens with zero attached hydrogens (tertiary/aromatic N) is 1. The van der Waals surface area contributed by atoms with Gasteiger partial charge in [0.1, 0.15) is 0 Å². The number of rotatable bonds is 8. The molecule has 0 bridgehead atoms. The van der Waals surface area contributed by atoms with Crippen molar-refractivity contribution in [2.45, 2.75) is 13.0 Å². The van der Waals surface area contributed by atoms with Gasteiger partial charge in [-0.25, -0.2) is 0 Å². The van der Waals surface area contributed by atoms with Gasteiger partial charge < -0.3 is 15.5 Å². The Morgan fingerprint density at radius 3 is 2.34 bits per heavy atom. The third kappa shape index (κ3) is 6.31. The molecule has 0 aromatic heterocycles. The predicted molar refractivity (Wildman–Crippen MR) is 111 cm³/mol. The minimum atomic E-state index is -0.347. The number of benzene rings is 2. The third-order valence-corrected chi connectivity index (χ3v) is 4.75. The molecule has 3 amide bonds. The van der Waals surface area contributed by atoms with Crippen LogP contribution in [0, 0.1) is 5.92 Å². The van der Waals surface area contributed by atoms with Gasteiger partial charge in [0.05, 0.1) is 5.92 Å². The standard InChI is InChI=1S/C23H25N3O3/c27-21(12-11-18-7-3-1-4-8-18)24-13-14-25-23(29)20-15-22(28)26(17-20)16-19-9-5-2-6-10-19/h1-12,20H,13-17H2,(H,24,27)(H,25,29)/b12-11+. The van der Waals surface area contributed by atoms with Gasteiger partial charge in [-0.05, 0) is 17.2 Å². The lowest BCUT2D eigenvalue weighted by Gasteiger charge is -2.16. The van der Waals surface area contributed by atoms with E-state index in [2.05, 4.69) is 10.6 Å². The second-order valence-electron chi connectivity index (χ2n) is 6.99. The Morgan fingerprint density at radius 2 is 1.62 bits per heavy atom. The average molecular weight is 391 g/mol. The van der Waals surface area contributed by atoms with E-state index < -0.39 is 0 Å². The van der Waals surface area contributed by atoms with Crippen LogP contribution in [0.5, 0.6) is 0 Å². The molecule has 1 atom stereocenters. The van der Waals surface area contributed by atoms with Crippen molar-refractivity contribution in [3.63, 3.8) is 0 Å². The first kappa shape index (κ1) is 20.3. The smallest absolute Gasteiger partial charge is 0.244 e. The van der Waals surface area contributed by atoms with Gasteiger partial charge >= 0.3 is 0 Å². The van der Waals surface area contributed by atoms with Gasteiger partial charge in [0.25, 0.3) is 0 Å². The van der Waals surface area contributed by atoms with E-state index >= 15 is 0 Å². The molecule has 0 spiro atoms. The molecule has 1 saturated heterocycles. The summed E-state index contributed by atoms with van der Waals surface area (Å²) >= 11 is 0. The Morgan fingerprint density at radius 1 is 0.966 bits per heavy atom. The molecule has 1 aliphatic heterocycles. The fraction of sp³-hybridized carbons (Fsp3) is 0.261. The van der Waals surface area contributed by atoms with Crippen molar-refractivity contribution in [1.82, 2.24) is 15.5 Å². The molecule has 6 nitrogen and oxygen atoms in total. The zero-order valence-electron chi connectivity index (χ0n) is 16.2. The predicted octanol–water partition coefficient (Wildman–Crippen LogP) is 1.98. The van der Waals surface area contributed by atoms with E-state index in [1.807, 2.05) is 60.7 Å². The van der Waals surface area contributed by atoms with E-state index in [1.165, 1.54) is 6.08 Å². The van der Waals surface area contributed by atoms with E-state index in [0.29, 0.717) is 26.2 Å². The molecule has 1 unspecified atom stereocenters. The summed E-state index contributed by atoms with van der Waals surface area (Å²) < 4.78 is 0. The van der Waals surface area contributed by atoms with Crippen LogP contribution >= 0.6 is 0 Å². The highest BCUT2D eigenvalue weighted by Crippen LogP contribution is 2.20. The number of carbonyl (C=O) groups is 3. The minimum Gasteiger partial charge on any atom is -0.354 e. The van der Waals surface area contributed by atoms with Gasteiger partial charge in [-0.3, -0.25) is 14.4 Å². The second-order valence-corrected chi connectivity index (χ2v) is 6.99. The number of nitrogens with one attached hydrogen (secondary N) is 2. The average Bonchev–Trinajstić information content (AvgIpc) is 3.11. The second kappa shape index (κ2) is 10.2. The molecule has 150 valence electrons. The van der Waals surface area contributed by atoms with Gasteiger partial charge in [-0.1, -0.05) is 60.7 Å². The van der Waals surface area contributed by atoms with Crippen LogP contribution in [-0.4, -0.2) is 42.3 Å². The molecule has 1 aliphatic rings. The fourth-order valence-corrected chi connectivity index (χ4v) is 3.22. The molecule has 29 heavy (non-hydrogen) atoms. The van der Waals surface area contributed by atoms with E-state index in [4.69, 9.17) is 0 Å². The first-order chi connectivity index (χ1) is 14.1. The number of hydrogen-bond acceptors (Lipinski definition) is 3. The summed E-state index contributed by atoms with van der Waals surface area (Å²) in [6.45, 7) is 1.60. The summed E-state index contributed by atoms with van der Waals surface area (Å²) in [6.07, 6.45) is 3.43. The zero-order valence-corrected chi connectivity index (χ0v) is 16.2. The maximum Gasteiger partial charge on any atom is 0.244 e. The molecule has 6 heteroatoms. The first-order valence-electron chi connectivity index (χ1n) is 9.72. The largest absolute Gasteiger partial charge is 0.354 e. The van der Waals surface area contributed by atoms with Gasteiger partial charge in [0.2, 0.25) is 17.7 Å². The van der Waals surface area contributed by atoms with Crippen LogP contribution in [0.2, 0.25) is 0 Å². The summed E-state index contributed by atoms with van der Waals surface area (Å²) in [5.41, 5.74) is 2.00. The van der Waals surface area contributed by atoms with E-state index in [0.717, 1.165) is 11.1 Å². The lowest BCUT2D eigenvalue weighted by atomic mass is 10.1. The van der Waals surface area contributed by atoms with E-state index in [1.54, 1.807) is 11.0 Å². The van der Waals surface area contributed by atoms with Crippen molar-refractivity contribution in [3.05, 3.63) is 77.9 Å². The molecular formula is C23H25N3O3. The molecule has 2 N–H and O–H groups in total. The molecule has 0 radical (unpaired) electrons. The van der Waals surface area contributed by atoms with Crippen LogP contribution in [0.3, 0.4) is 0 Å². The Bertz CT molecular complexity index is 865. The van der Waals surface area contributed by atoms with Gasteiger partial charge in [0, 0.05) is 38.7 Å². The molecule has 3 rings (SSSR count).